The number of allylic oxidation sites excluding steroid dienone is 12. The number of esters is 1. The van der Waals surface area contributed by atoms with Crippen molar-refractivity contribution >= 4 is 19.8 Å². The molecule has 0 aliphatic heterocycles. The number of unbranched alkanes of at least 4 members (excludes halogenated alkanes) is 14. The predicted molar refractivity (Wildman–Crippen MR) is 230 cm³/mol. The van der Waals surface area contributed by atoms with Crippen LogP contribution in [0.4, 0.5) is 0 Å². The van der Waals surface area contributed by atoms with Gasteiger partial charge in [-0.3, -0.25) is 18.6 Å². The van der Waals surface area contributed by atoms with Crippen molar-refractivity contribution in [1.29, 1.82) is 0 Å². The van der Waals surface area contributed by atoms with Crippen LogP contribution < -0.4 is 5.73 Å². The average molecular weight is 808 g/mol. The Bertz CT molecular complexity index is 1160. The maximum absolute atomic E-state index is 12.6. The molecule has 0 spiro atoms. The number of ether oxygens (including phenoxy) is 2. The number of carboxylic acid groups (broad SMARTS) is 1. The number of carbonyl (C=O) groups excluding carboxylic acids is 1. The van der Waals surface area contributed by atoms with E-state index in [4.69, 9.17) is 29.4 Å². The molecule has 10 nitrogen and oxygen atoms in total. The van der Waals surface area contributed by atoms with Crippen LogP contribution in [-0.2, 0) is 32.7 Å². The first-order chi connectivity index (χ1) is 27.2. The molecule has 0 saturated carbocycles. The summed E-state index contributed by atoms with van der Waals surface area (Å²) in [7, 11) is -4.62. The molecule has 4 N–H and O–H groups in total. The molecule has 56 heavy (non-hydrogen) atoms. The minimum absolute atomic E-state index is 0.00379. The Labute approximate surface area is 340 Å². The number of hydrogen-bond donors (Lipinski definition) is 3. The van der Waals surface area contributed by atoms with Gasteiger partial charge in [0.1, 0.15) is 12.1 Å². The number of phosphoric ester groups is 1. The lowest BCUT2D eigenvalue weighted by atomic mass is 10.1. The summed E-state index contributed by atoms with van der Waals surface area (Å²) in [6, 6.07) is -1.48. The van der Waals surface area contributed by atoms with Crippen LogP contribution in [-0.4, -0.2) is 60.5 Å². The summed E-state index contributed by atoms with van der Waals surface area (Å²) in [6.07, 6.45) is 49.7. The van der Waals surface area contributed by atoms with E-state index in [1.807, 2.05) is 0 Å². The summed E-state index contributed by atoms with van der Waals surface area (Å²) < 4.78 is 33.3. The zero-order valence-corrected chi connectivity index (χ0v) is 35.8. The van der Waals surface area contributed by atoms with E-state index in [1.165, 1.54) is 32.1 Å². The second kappa shape index (κ2) is 40.6. The van der Waals surface area contributed by atoms with Crippen LogP contribution in [0.15, 0.2) is 72.9 Å². The number of carboxylic acids is 1. The molecule has 0 rings (SSSR count). The lowest BCUT2D eigenvalue weighted by Gasteiger charge is -2.20. The molecule has 0 aliphatic rings. The third-order valence-electron chi connectivity index (χ3n) is 8.70. The van der Waals surface area contributed by atoms with Crippen LogP contribution in [0.2, 0.25) is 0 Å². The first-order valence-corrected chi connectivity index (χ1v) is 23.0. The molecule has 322 valence electrons. The van der Waals surface area contributed by atoms with Crippen molar-refractivity contribution in [3.63, 3.8) is 0 Å². The molecule has 0 aromatic heterocycles. The molecule has 0 bridgehead atoms. The van der Waals surface area contributed by atoms with Crippen molar-refractivity contribution in [1.82, 2.24) is 0 Å². The molecule has 3 atom stereocenters. The number of nitrogens with two attached hydrogens (primary N) is 1. The highest BCUT2D eigenvalue weighted by Crippen LogP contribution is 2.43. The Morgan fingerprint density at radius 2 is 1.04 bits per heavy atom. The normalized spacial score (nSPS) is 14.6. The second-order valence-corrected chi connectivity index (χ2v) is 15.5. The van der Waals surface area contributed by atoms with Crippen molar-refractivity contribution in [2.24, 2.45) is 5.73 Å². The van der Waals surface area contributed by atoms with Crippen molar-refractivity contribution in [2.45, 2.75) is 174 Å². The van der Waals surface area contributed by atoms with Gasteiger partial charge >= 0.3 is 19.8 Å². The fraction of sp³-hybridized carbons (Fsp3) is 0.689. The number of hydrogen-bond acceptors (Lipinski definition) is 8. The molecule has 0 saturated heterocycles. The van der Waals surface area contributed by atoms with Gasteiger partial charge in [-0.1, -0.05) is 151 Å². The van der Waals surface area contributed by atoms with E-state index < -0.39 is 45.1 Å². The van der Waals surface area contributed by atoms with E-state index in [-0.39, 0.29) is 13.0 Å². The van der Waals surface area contributed by atoms with Gasteiger partial charge in [0.05, 0.1) is 19.8 Å². The molecule has 0 aromatic carbocycles. The van der Waals surface area contributed by atoms with Gasteiger partial charge in [-0.2, -0.15) is 0 Å². The summed E-state index contributed by atoms with van der Waals surface area (Å²) in [6.45, 7) is 3.65. The van der Waals surface area contributed by atoms with E-state index in [0.717, 1.165) is 103 Å². The van der Waals surface area contributed by atoms with Crippen molar-refractivity contribution in [3.05, 3.63) is 72.9 Å². The smallest absolute Gasteiger partial charge is 0.472 e. The average Bonchev–Trinajstić information content (AvgIpc) is 3.18. The Morgan fingerprint density at radius 3 is 1.57 bits per heavy atom. The molecule has 0 fully saturated rings. The number of carbonyl (C=O) groups is 2. The Hall–Kier alpha value is -2.59. The van der Waals surface area contributed by atoms with E-state index >= 15 is 0 Å². The molecule has 0 aliphatic carbocycles. The molecule has 11 heteroatoms. The highest BCUT2D eigenvalue weighted by Gasteiger charge is 2.27. The number of phosphoric acid groups is 1. The van der Waals surface area contributed by atoms with E-state index in [9.17, 15) is 19.0 Å². The first-order valence-electron chi connectivity index (χ1n) is 21.5. The third kappa shape index (κ3) is 39.6. The summed E-state index contributed by atoms with van der Waals surface area (Å²) >= 11 is 0. The zero-order chi connectivity index (χ0) is 41.2. The van der Waals surface area contributed by atoms with E-state index in [1.54, 1.807) is 0 Å². The number of aliphatic carboxylic acids is 1. The topological polar surface area (TPSA) is 155 Å². The molecule has 0 heterocycles. The van der Waals surface area contributed by atoms with Crippen LogP contribution in [0, 0.1) is 0 Å². The van der Waals surface area contributed by atoms with Crippen molar-refractivity contribution in [2.75, 3.05) is 26.4 Å². The zero-order valence-electron chi connectivity index (χ0n) is 35.0. The van der Waals surface area contributed by atoms with Crippen molar-refractivity contribution < 1.29 is 42.7 Å². The third-order valence-corrected chi connectivity index (χ3v) is 9.65. The summed E-state index contributed by atoms with van der Waals surface area (Å²) in [5, 5.41) is 8.88. The molecular formula is C45H78NO9P. The van der Waals surface area contributed by atoms with Crippen molar-refractivity contribution in [3.8, 4) is 0 Å². The van der Waals surface area contributed by atoms with Gasteiger partial charge in [-0.05, 0) is 77.0 Å². The maximum Gasteiger partial charge on any atom is 0.472 e. The van der Waals surface area contributed by atoms with Gasteiger partial charge in [-0.15, -0.1) is 0 Å². The summed E-state index contributed by atoms with van der Waals surface area (Å²) in [5.74, 6) is -1.80. The van der Waals surface area contributed by atoms with Crippen LogP contribution in [0.3, 0.4) is 0 Å². The lowest BCUT2D eigenvalue weighted by molar-refractivity contribution is -0.154. The van der Waals surface area contributed by atoms with E-state index in [0.29, 0.717) is 13.0 Å². The minimum atomic E-state index is -4.62. The van der Waals surface area contributed by atoms with Gasteiger partial charge in [0.2, 0.25) is 0 Å². The summed E-state index contributed by atoms with van der Waals surface area (Å²) in [4.78, 5) is 33.4. The molecule has 0 amide bonds. The quantitative estimate of drug-likeness (QED) is 0.0236. The van der Waals surface area contributed by atoms with E-state index in [2.05, 4.69) is 86.8 Å². The Balaban J connectivity index is 4.17. The fourth-order valence-corrected chi connectivity index (χ4v) is 6.17. The van der Waals surface area contributed by atoms with Gasteiger partial charge in [0, 0.05) is 13.0 Å². The van der Waals surface area contributed by atoms with Crippen LogP contribution in [0.25, 0.3) is 0 Å². The predicted octanol–water partition coefficient (Wildman–Crippen LogP) is 11.8. The highest BCUT2D eigenvalue weighted by molar-refractivity contribution is 7.47. The van der Waals surface area contributed by atoms with Gasteiger partial charge in [0.15, 0.2) is 0 Å². The molecule has 3 unspecified atom stereocenters. The standard InChI is InChI=1S/C45H78NO9P/c1-3-5-7-9-11-13-15-16-17-18-19-20-21-22-23-24-25-26-27-28-30-32-34-36-38-52-39-42(40-53-56(50,51)54-41-43(46)45(48)49)55-44(47)37-35-33-31-29-14-12-10-8-6-4-2/h5,7-8,10-11,13,16-17,19-20,22-23,42-43H,3-4,6,9,12,14-15,18,21,24-41,46H2,1-2H3,(H,48,49)(H,50,51)/b7-5-,10-8-,13-11-,17-16-,20-19-,23-22-. The largest absolute Gasteiger partial charge is 0.480 e. The lowest BCUT2D eigenvalue weighted by Crippen LogP contribution is -2.34. The first kappa shape index (κ1) is 53.4. The second-order valence-electron chi connectivity index (χ2n) is 14.1. The maximum atomic E-state index is 12.6. The minimum Gasteiger partial charge on any atom is -0.480 e. The highest BCUT2D eigenvalue weighted by atomic mass is 31.2. The fourth-order valence-electron chi connectivity index (χ4n) is 5.40. The summed E-state index contributed by atoms with van der Waals surface area (Å²) in [5.41, 5.74) is 5.34. The van der Waals surface area contributed by atoms with Crippen LogP contribution >= 0.6 is 7.82 Å². The number of rotatable bonds is 40. The van der Waals surface area contributed by atoms with Crippen LogP contribution in [0.5, 0.6) is 0 Å². The van der Waals surface area contributed by atoms with Gasteiger partial charge < -0.3 is 25.2 Å². The van der Waals surface area contributed by atoms with Crippen LogP contribution in [0.1, 0.15) is 162 Å². The molecule has 0 aromatic rings. The van der Waals surface area contributed by atoms with Gasteiger partial charge in [0.25, 0.3) is 0 Å². The molecular weight excluding hydrogens is 729 g/mol. The molecule has 0 radical (unpaired) electrons. The monoisotopic (exact) mass is 808 g/mol. The SMILES string of the molecule is CC/C=C\C/C=C\C/C=C\C/C=C\C/C=C\CCCCCCCCCCOCC(COP(=O)(O)OCC(N)C(=O)O)OC(=O)CCCCCCC/C=C\CCC. The van der Waals surface area contributed by atoms with Gasteiger partial charge in [-0.25, -0.2) is 4.57 Å². The Kier molecular flexibility index (Phi) is 38.7. The Morgan fingerprint density at radius 1 is 0.589 bits per heavy atom.